The maximum atomic E-state index is 10.3. The Morgan fingerprint density at radius 2 is 1.33 bits per heavy atom. The van der Waals surface area contributed by atoms with Crippen molar-refractivity contribution in [2.45, 2.75) is 19.1 Å². The highest BCUT2D eigenvalue weighted by atomic mass is 16.3. The van der Waals surface area contributed by atoms with E-state index in [4.69, 9.17) is 0 Å². The third-order valence-electron chi connectivity index (χ3n) is 3.05. The molecular formula is C16H19NO. The molecule has 0 aliphatic carbocycles. The van der Waals surface area contributed by atoms with Crippen LogP contribution in [0.3, 0.4) is 0 Å². The van der Waals surface area contributed by atoms with Gasteiger partial charge in [0.15, 0.2) is 0 Å². The molecule has 2 nitrogen and oxygen atoms in total. The molecule has 0 aliphatic heterocycles. The molecule has 1 atom stereocenters. The van der Waals surface area contributed by atoms with Crippen LogP contribution < -0.4 is 5.32 Å². The molecule has 0 saturated heterocycles. The second kappa shape index (κ2) is 6.34. The molecule has 0 saturated carbocycles. The fourth-order valence-corrected chi connectivity index (χ4v) is 2.20. The van der Waals surface area contributed by atoms with E-state index < -0.39 is 6.23 Å². The molecule has 1 unspecified atom stereocenters. The van der Waals surface area contributed by atoms with E-state index in [1.165, 1.54) is 0 Å². The molecule has 0 amide bonds. The van der Waals surface area contributed by atoms with E-state index in [9.17, 15) is 5.11 Å². The van der Waals surface area contributed by atoms with Crippen molar-refractivity contribution in [1.29, 1.82) is 0 Å². The zero-order valence-electron chi connectivity index (χ0n) is 10.6. The average molecular weight is 241 g/mol. The molecule has 2 heteroatoms. The minimum atomic E-state index is -0.570. The Kier molecular flexibility index (Phi) is 4.51. The first-order chi connectivity index (χ1) is 8.83. The SMILES string of the molecule is CCNC(O)C(c1ccccc1)c1ccccc1. The second-order valence-electron chi connectivity index (χ2n) is 4.30. The molecule has 18 heavy (non-hydrogen) atoms. The normalized spacial score (nSPS) is 12.6. The lowest BCUT2D eigenvalue weighted by atomic mass is 9.90. The summed E-state index contributed by atoms with van der Waals surface area (Å²) >= 11 is 0. The molecule has 2 aromatic rings. The Balaban J connectivity index is 2.35. The molecule has 2 aromatic carbocycles. The molecule has 0 aliphatic rings. The molecule has 94 valence electrons. The van der Waals surface area contributed by atoms with Crippen LogP contribution in [0.5, 0.6) is 0 Å². The standard InChI is InChI=1S/C16H19NO/c1-2-17-16(18)15(13-9-5-3-6-10-13)14-11-7-4-8-12-14/h3-12,15-18H,2H2,1H3. The van der Waals surface area contributed by atoms with Crippen LogP contribution in [-0.4, -0.2) is 17.9 Å². The number of likely N-dealkylation sites (N-methyl/N-ethyl adjacent to an activating group) is 1. The van der Waals surface area contributed by atoms with Gasteiger partial charge < -0.3 is 5.11 Å². The summed E-state index contributed by atoms with van der Waals surface area (Å²) in [5.74, 6) is -0.0349. The molecule has 0 aromatic heterocycles. The third-order valence-corrected chi connectivity index (χ3v) is 3.05. The van der Waals surface area contributed by atoms with Crippen molar-refractivity contribution < 1.29 is 5.11 Å². The lowest BCUT2D eigenvalue weighted by molar-refractivity contribution is 0.122. The van der Waals surface area contributed by atoms with Gasteiger partial charge in [0.1, 0.15) is 6.23 Å². The number of aliphatic hydroxyl groups is 1. The second-order valence-corrected chi connectivity index (χ2v) is 4.30. The molecular weight excluding hydrogens is 222 g/mol. The predicted octanol–water partition coefficient (Wildman–Crippen LogP) is 2.75. The van der Waals surface area contributed by atoms with Crippen LogP contribution in [0, 0.1) is 0 Å². The van der Waals surface area contributed by atoms with Crippen LogP contribution >= 0.6 is 0 Å². The smallest absolute Gasteiger partial charge is 0.115 e. The predicted molar refractivity (Wildman–Crippen MR) is 74.4 cm³/mol. The molecule has 2 rings (SSSR count). The first-order valence-electron chi connectivity index (χ1n) is 6.34. The van der Waals surface area contributed by atoms with E-state index in [2.05, 4.69) is 29.6 Å². The highest BCUT2D eigenvalue weighted by Crippen LogP contribution is 2.26. The molecule has 0 fully saturated rings. The first kappa shape index (κ1) is 12.8. The van der Waals surface area contributed by atoms with Crippen LogP contribution in [0.25, 0.3) is 0 Å². The summed E-state index contributed by atoms with van der Waals surface area (Å²) in [5.41, 5.74) is 2.24. The van der Waals surface area contributed by atoms with Gasteiger partial charge in [0.2, 0.25) is 0 Å². The lowest BCUT2D eigenvalue weighted by Crippen LogP contribution is -2.35. The van der Waals surface area contributed by atoms with Crippen LogP contribution in [0.15, 0.2) is 60.7 Å². The van der Waals surface area contributed by atoms with Crippen LogP contribution in [-0.2, 0) is 0 Å². The van der Waals surface area contributed by atoms with Gasteiger partial charge in [-0.3, -0.25) is 5.32 Å². The molecule has 0 bridgehead atoms. The van der Waals surface area contributed by atoms with E-state index in [1.54, 1.807) is 0 Å². The van der Waals surface area contributed by atoms with Crippen LogP contribution in [0.4, 0.5) is 0 Å². The number of hydrogen-bond acceptors (Lipinski definition) is 2. The lowest BCUT2D eigenvalue weighted by Gasteiger charge is -2.24. The largest absolute Gasteiger partial charge is 0.378 e. The number of rotatable bonds is 5. The van der Waals surface area contributed by atoms with Crippen molar-refractivity contribution in [1.82, 2.24) is 5.32 Å². The summed E-state index contributed by atoms with van der Waals surface area (Å²) in [7, 11) is 0. The maximum Gasteiger partial charge on any atom is 0.115 e. The van der Waals surface area contributed by atoms with Gasteiger partial charge in [0.05, 0.1) is 0 Å². The van der Waals surface area contributed by atoms with Crippen molar-refractivity contribution in [3.05, 3.63) is 71.8 Å². The number of benzene rings is 2. The minimum Gasteiger partial charge on any atom is -0.378 e. The maximum absolute atomic E-state index is 10.3. The highest BCUT2D eigenvalue weighted by molar-refractivity contribution is 5.33. The Bertz CT molecular complexity index is 416. The molecule has 0 heterocycles. The van der Waals surface area contributed by atoms with Crippen molar-refractivity contribution in [3.8, 4) is 0 Å². The van der Waals surface area contributed by atoms with E-state index in [0.29, 0.717) is 0 Å². The summed E-state index contributed by atoms with van der Waals surface area (Å²) in [6.45, 7) is 2.74. The van der Waals surface area contributed by atoms with Crippen LogP contribution in [0.1, 0.15) is 24.0 Å². The van der Waals surface area contributed by atoms with E-state index in [1.807, 2.05) is 43.3 Å². The summed E-state index contributed by atoms with van der Waals surface area (Å²) in [6, 6.07) is 20.2. The van der Waals surface area contributed by atoms with Gasteiger partial charge >= 0.3 is 0 Å². The molecule has 2 N–H and O–H groups in total. The van der Waals surface area contributed by atoms with Crippen molar-refractivity contribution in [2.24, 2.45) is 0 Å². The fraction of sp³-hybridized carbons (Fsp3) is 0.250. The Hall–Kier alpha value is -1.64. The van der Waals surface area contributed by atoms with Gasteiger partial charge in [-0.2, -0.15) is 0 Å². The quantitative estimate of drug-likeness (QED) is 0.789. The van der Waals surface area contributed by atoms with Gasteiger partial charge in [-0.25, -0.2) is 0 Å². The highest BCUT2D eigenvalue weighted by Gasteiger charge is 2.21. The van der Waals surface area contributed by atoms with E-state index in [-0.39, 0.29) is 5.92 Å². The third kappa shape index (κ3) is 2.97. The monoisotopic (exact) mass is 241 g/mol. The van der Waals surface area contributed by atoms with Crippen molar-refractivity contribution >= 4 is 0 Å². The number of hydrogen-bond donors (Lipinski definition) is 2. The topological polar surface area (TPSA) is 32.3 Å². The van der Waals surface area contributed by atoms with Crippen LogP contribution in [0.2, 0.25) is 0 Å². The van der Waals surface area contributed by atoms with Gasteiger partial charge in [-0.1, -0.05) is 67.6 Å². The van der Waals surface area contributed by atoms with Gasteiger partial charge in [-0.05, 0) is 17.7 Å². The number of nitrogens with one attached hydrogen (secondary N) is 1. The van der Waals surface area contributed by atoms with Crippen molar-refractivity contribution in [2.75, 3.05) is 6.54 Å². The number of aliphatic hydroxyl groups excluding tert-OH is 1. The van der Waals surface area contributed by atoms with Crippen molar-refractivity contribution in [3.63, 3.8) is 0 Å². The zero-order valence-corrected chi connectivity index (χ0v) is 10.6. The van der Waals surface area contributed by atoms with E-state index in [0.717, 1.165) is 17.7 Å². The molecule has 0 spiro atoms. The Labute approximate surface area is 108 Å². The zero-order chi connectivity index (χ0) is 12.8. The summed E-state index contributed by atoms with van der Waals surface area (Å²) in [6.07, 6.45) is -0.570. The molecule has 0 radical (unpaired) electrons. The first-order valence-corrected chi connectivity index (χ1v) is 6.34. The summed E-state index contributed by atoms with van der Waals surface area (Å²) in [4.78, 5) is 0. The van der Waals surface area contributed by atoms with Gasteiger partial charge in [-0.15, -0.1) is 0 Å². The Morgan fingerprint density at radius 3 is 1.72 bits per heavy atom. The van der Waals surface area contributed by atoms with E-state index >= 15 is 0 Å². The summed E-state index contributed by atoms with van der Waals surface area (Å²) in [5, 5.41) is 13.4. The minimum absolute atomic E-state index is 0.0349. The average Bonchev–Trinajstić information content (AvgIpc) is 2.42. The van der Waals surface area contributed by atoms with Gasteiger partial charge in [0.25, 0.3) is 0 Å². The fourth-order valence-electron chi connectivity index (χ4n) is 2.20. The van der Waals surface area contributed by atoms with Gasteiger partial charge in [0, 0.05) is 5.92 Å². The summed E-state index contributed by atoms with van der Waals surface area (Å²) < 4.78 is 0. The Morgan fingerprint density at radius 1 is 0.889 bits per heavy atom.